The average molecular weight is 325 g/mol. The van der Waals surface area contributed by atoms with E-state index >= 15 is 0 Å². The second-order valence-electron chi connectivity index (χ2n) is 4.80. The lowest BCUT2D eigenvalue weighted by Crippen LogP contribution is -2.13. The minimum atomic E-state index is -0.391. The van der Waals surface area contributed by atoms with Crippen LogP contribution >= 0.6 is 0 Å². The van der Waals surface area contributed by atoms with E-state index in [2.05, 4.69) is 15.5 Å². The molecule has 1 amide bonds. The maximum Gasteiger partial charge on any atom is 0.322 e. The van der Waals surface area contributed by atoms with E-state index < -0.39 is 5.91 Å². The molecule has 0 aliphatic heterocycles. The van der Waals surface area contributed by atoms with Crippen LogP contribution in [0.2, 0.25) is 0 Å². The van der Waals surface area contributed by atoms with E-state index in [1.165, 1.54) is 7.11 Å². The highest BCUT2D eigenvalue weighted by Gasteiger charge is 2.15. The number of amides is 1. The van der Waals surface area contributed by atoms with Crippen molar-refractivity contribution in [2.24, 2.45) is 0 Å². The molecule has 7 nitrogen and oxygen atoms in total. The maximum atomic E-state index is 12.3. The van der Waals surface area contributed by atoms with Crippen molar-refractivity contribution in [3.8, 4) is 23.0 Å². The van der Waals surface area contributed by atoms with Gasteiger partial charge in [0.2, 0.25) is 5.89 Å². The molecule has 0 saturated heterocycles. The Morgan fingerprint density at radius 3 is 2.46 bits per heavy atom. The molecule has 3 rings (SSSR count). The van der Waals surface area contributed by atoms with Gasteiger partial charge in [0.15, 0.2) is 0 Å². The normalized spacial score (nSPS) is 10.2. The number of methoxy groups -OCH3 is 2. The zero-order valence-electron chi connectivity index (χ0n) is 13.1. The number of ether oxygens (including phenoxy) is 2. The van der Waals surface area contributed by atoms with Crippen LogP contribution in [-0.2, 0) is 0 Å². The summed E-state index contributed by atoms with van der Waals surface area (Å²) in [7, 11) is 3.09. The Labute approximate surface area is 138 Å². The molecule has 0 atom stereocenters. The fourth-order valence-electron chi connectivity index (χ4n) is 2.12. The second kappa shape index (κ2) is 6.82. The first kappa shape index (κ1) is 15.5. The maximum absolute atomic E-state index is 12.3. The number of carbonyl (C=O) groups is 1. The van der Waals surface area contributed by atoms with Gasteiger partial charge in [0.05, 0.1) is 19.8 Å². The van der Waals surface area contributed by atoms with Crippen LogP contribution in [0.25, 0.3) is 11.5 Å². The predicted molar refractivity (Wildman–Crippen MR) is 87.2 cm³/mol. The molecule has 24 heavy (non-hydrogen) atoms. The van der Waals surface area contributed by atoms with E-state index in [1.54, 1.807) is 55.6 Å². The summed E-state index contributed by atoms with van der Waals surface area (Å²) in [5, 5.41) is 10.3. The second-order valence-corrected chi connectivity index (χ2v) is 4.80. The first-order chi connectivity index (χ1) is 11.7. The minimum Gasteiger partial charge on any atom is -0.497 e. The summed E-state index contributed by atoms with van der Waals surface area (Å²) >= 11 is 0. The van der Waals surface area contributed by atoms with Crippen LogP contribution in [-0.4, -0.2) is 30.3 Å². The molecule has 7 heteroatoms. The quantitative estimate of drug-likeness (QED) is 0.776. The van der Waals surface area contributed by atoms with E-state index in [4.69, 9.17) is 13.9 Å². The molecule has 0 fully saturated rings. The van der Waals surface area contributed by atoms with E-state index in [1.807, 2.05) is 0 Å². The van der Waals surface area contributed by atoms with Crippen LogP contribution < -0.4 is 14.8 Å². The number of nitrogens with zero attached hydrogens (tertiary/aromatic N) is 2. The van der Waals surface area contributed by atoms with Crippen molar-refractivity contribution >= 4 is 11.9 Å². The zero-order valence-corrected chi connectivity index (χ0v) is 13.1. The predicted octanol–water partition coefficient (Wildman–Crippen LogP) is 3.01. The molecule has 0 unspecified atom stereocenters. The highest BCUT2D eigenvalue weighted by Crippen LogP contribution is 2.23. The van der Waals surface area contributed by atoms with E-state index in [0.717, 1.165) is 11.3 Å². The van der Waals surface area contributed by atoms with Gasteiger partial charge in [-0.3, -0.25) is 10.1 Å². The van der Waals surface area contributed by atoms with Crippen LogP contribution in [0, 0.1) is 0 Å². The SMILES string of the molecule is COc1ccc(-c2nnc(NC(=O)c3ccccc3OC)o2)cc1. The van der Waals surface area contributed by atoms with Crippen LogP contribution in [0.5, 0.6) is 11.5 Å². The third-order valence-corrected chi connectivity index (χ3v) is 3.33. The number of aromatic nitrogens is 2. The van der Waals surface area contributed by atoms with Crippen LogP contribution in [0.1, 0.15) is 10.4 Å². The van der Waals surface area contributed by atoms with E-state index in [-0.39, 0.29) is 6.01 Å². The summed E-state index contributed by atoms with van der Waals surface area (Å²) in [6, 6.07) is 14.0. The van der Waals surface area contributed by atoms with Crippen molar-refractivity contribution in [1.82, 2.24) is 10.2 Å². The van der Waals surface area contributed by atoms with Crippen molar-refractivity contribution in [2.45, 2.75) is 0 Å². The largest absolute Gasteiger partial charge is 0.497 e. The number of rotatable bonds is 5. The van der Waals surface area contributed by atoms with Gasteiger partial charge in [-0.15, -0.1) is 5.10 Å². The third kappa shape index (κ3) is 3.19. The Morgan fingerprint density at radius 2 is 1.75 bits per heavy atom. The lowest BCUT2D eigenvalue weighted by atomic mass is 10.2. The number of hydrogen-bond acceptors (Lipinski definition) is 6. The lowest BCUT2D eigenvalue weighted by Gasteiger charge is -2.06. The van der Waals surface area contributed by atoms with Gasteiger partial charge >= 0.3 is 6.01 Å². The summed E-state index contributed by atoms with van der Waals surface area (Å²) in [6.45, 7) is 0. The average Bonchev–Trinajstić information content (AvgIpc) is 3.10. The molecule has 3 aromatic rings. The molecule has 0 spiro atoms. The monoisotopic (exact) mass is 325 g/mol. The Kier molecular flexibility index (Phi) is 4.42. The van der Waals surface area contributed by atoms with Gasteiger partial charge in [-0.05, 0) is 36.4 Å². The number of benzene rings is 2. The Bertz CT molecular complexity index is 843. The van der Waals surface area contributed by atoms with Gasteiger partial charge in [-0.1, -0.05) is 17.2 Å². The molecular formula is C17H15N3O4. The van der Waals surface area contributed by atoms with Crippen LogP contribution in [0.4, 0.5) is 6.01 Å². The number of carbonyl (C=O) groups excluding carboxylic acids is 1. The van der Waals surface area contributed by atoms with Gasteiger partial charge in [0.25, 0.3) is 5.91 Å². The molecule has 2 aromatic carbocycles. The van der Waals surface area contributed by atoms with Gasteiger partial charge in [-0.2, -0.15) is 0 Å². The van der Waals surface area contributed by atoms with Gasteiger partial charge < -0.3 is 13.9 Å². The van der Waals surface area contributed by atoms with Gasteiger partial charge in [0, 0.05) is 5.56 Å². The molecule has 0 aliphatic carbocycles. The fourth-order valence-corrected chi connectivity index (χ4v) is 2.12. The number of para-hydroxylation sites is 1. The number of nitrogens with one attached hydrogen (secondary N) is 1. The Morgan fingerprint density at radius 1 is 1.00 bits per heavy atom. The summed E-state index contributed by atoms with van der Waals surface area (Å²) in [4.78, 5) is 12.3. The lowest BCUT2D eigenvalue weighted by molar-refractivity contribution is 0.102. The van der Waals surface area contributed by atoms with Crippen LogP contribution in [0.15, 0.2) is 52.9 Å². The number of hydrogen-bond donors (Lipinski definition) is 1. The first-order valence-corrected chi connectivity index (χ1v) is 7.13. The third-order valence-electron chi connectivity index (χ3n) is 3.33. The molecule has 1 aromatic heterocycles. The fraction of sp³-hybridized carbons (Fsp3) is 0.118. The van der Waals surface area contributed by atoms with Crippen molar-refractivity contribution in [1.29, 1.82) is 0 Å². The minimum absolute atomic E-state index is 0.0109. The molecule has 122 valence electrons. The number of anilines is 1. The highest BCUT2D eigenvalue weighted by atomic mass is 16.5. The van der Waals surface area contributed by atoms with Gasteiger partial charge in [0.1, 0.15) is 11.5 Å². The summed E-state index contributed by atoms with van der Waals surface area (Å²) < 4.78 is 15.7. The molecule has 0 aliphatic rings. The zero-order chi connectivity index (χ0) is 16.9. The first-order valence-electron chi connectivity index (χ1n) is 7.13. The van der Waals surface area contributed by atoms with Crippen LogP contribution in [0.3, 0.4) is 0 Å². The van der Waals surface area contributed by atoms with Crippen molar-refractivity contribution < 1.29 is 18.7 Å². The van der Waals surface area contributed by atoms with Gasteiger partial charge in [-0.25, -0.2) is 0 Å². The highest BCUT2D eigenvalue weighted by molar-refractivity contribution is 6.05. The molecule has 0 bridgehead atoms. The van der Waals surface area contributed by atoms with Crippen molar-refractivity contribution in [3.05, 3.63) is 54.1 Å². The molecule has 1 N–H and O–H groups in total. The molecule has 1 heterocycles. The topological polar surface area (TPSA) is 86.5 Å². The van der Waals surface area contributed by atoms with E-state index in [0.29, 0.717) is 17.2 Å². The summed E-state index contributed by atoms with van der Waals surface area (Å²) in [6.07, 6.45) is 0. The Hall–Kier alpha value is -3.35. The van der Waals surface area contributed by atoms with Crippen molar-refractivity contribution in [2.75, 3.05) is 19.5 Å². The standard InChI is InChI=1S/C17H15N3O4/c1-22-12-9-7-11(8-10-12)16-19-20-17(24-16)18-15(21)13-5-3-4-6-14(13)23-2/h3-10H,1-2H3,(H,18,20,21). The smallest absolute Gasteiger partial charge is 0.322 e. The Balaban J connectivity index is 1.77. The van der Waals surface area contributed by atoms with E-state index in [9.17, 15) is 4.79 Å². The molecule has 0 radical (unpaired) electrons. The van der Waals surface area contributed by atoms with Crippen molar-refractivity contribution in [3.63, 3.8) is 0 Å². The molecule has 0 saturated carbocycles. The molecular weight excluding hydrogens is 310 g/mol. The summed E-state index contributed by atoms with van der Waals surface area (Å²) in [5.74, 6) is 1.10. The summed E-state index contributed by atoms with van der Waals surface area (Å²) in [5.41, 5.74) is 1.10.